The second-order valence-corrected chi connectivity index (χ2v) is 2.45. The Kier molecular flexibility index (Phi) is 3.16. The Hall–Kier alpha value is -1.92. The highest BCUT2D eigenvalue weighted by Crippen LogP contribution is 2.01. The smallest absolute Gasteiger partial charge is 0.307 e. The molecule has 2 rings (SSSR count). The standard InChI is InChI=1S/C8H6N2O2.H4N2/c11-7-5-3-1-2-4-6(5)9-8(12)10-7;1-2/h1-4H,(H2,9,10,11,12);1-2H2. The molecule has 1 aromatic heterocycles. The van der Waals surface area contributed by atoms with Gasteiger partial charge < -0.3 is 4.98 Å². The SMILES string of the molecule is NN.O=c1[nH]c(=O)c2ccccc2[nH]1. The normalized spacial score (nSPS) is 9.29. The summed E-state index contributed by atoms with van der Waals surface area (Å²) in [5, 5.41) is 0.497. The highest BCUT2D eigenvalue weighted by atomic mass is 16.2. The minimum absolute atomic E-state index is 0.352. The summed E-state index contributed by atoms with van der Waals surface area (Å²) in [6.07, 6.45) is 0. The van der Waals surface area contributed by atoms with Crippen LogP contribution in [0.25, 0.3) is 10.9 Å². The molecule has 1 aromatic carbocycles. The molecule has 0 unspecified atom stereocenters. The van der Waals surface area contributed by atoms with Crippen molar-refractivity contribution in [2.75, 3.05) is 0 Å². The molecule has 0 bridgehead atoms. The zero-order valence-electron chi connectivity index (χ0n) is 7.28. The molecule has 0 aliphatic rings. The molecule has 14 heavy (non-hydrogen) atoms. The quantitative estimate of drug-likeness (QED) is 0.319. The summed E-state index contributed by atoms with van der Waals surface area (Å²) >= 11 is 0. The second-order valence-electron chi connectivity index (χ2n) is 2.45. The number of fused-ring (bicyclic) bond motifs is 1. The molecule has 0 radical (unpaired) electrons. The summed E-state index contributed by atoms with van der Waals surface area (Å²) in [7, 11) is 0. The van der Waals surface area contributed by atoms with Gasteiger partial charge in [0.25, 0.3) is 5.56 Å². The van der Waals surface area contributed by atoms with Crippen molar-refractivity contribution in [3.05, 3.63) is 45.1 Å². The van der Waals surface area contributed by atoms with Gasteiger partial charge in [0.1, 0.15) is 0 Å². The Morgan fingerprint density at radius 1 is 1.00 bits per heavy atom. The van der Waals surface area contributed by atoms with Crippen LogP contribution < -0.4 is 22.9 Å². The van der Waals surface area contributed by atoms with E-state index in [0.717, 1.165) is 0 Å². The zero-order chi connectivity index (χ0) is 10.6. The van der Waals surface area contributed by atoms with E-state index in [1.165, 1.54) is 0 Å². The number of hydrogen-bond donors (Lipinski definition) is 4. The van der Waals surface area contributed by atoms with Gasteiger partial charge in [-0.1, -0.05) is 12.1 Å². The van der Waals surface area contributed by atoms with Crippen molar-refractivity contribution in [1.82, 2.24) is 9.97 Å². The van der Waals surface area contributed by atoms with Crippen molar-refractivity contribution >= 4 is 10.9 Å². The maximum atomic E-state index is 11.1. The van der Waals surface area contributed by atoms with Crippen LogP contribution in [0.5, 0.6) is 0 Å². The second kappa shape index (κ2) is 4.35. The number of benzene rings is 1. The van der Waals surface area contributed by atoms with Crippen molar-refractivity contribution in [2.45, 2.75) is 0 Å². The van der Waals surface area contributed by atoms with E-state index in [-0.39, 0.29) is 5.56 Å². The van der Waals surface area contributed by atoms with Crippen molar-refractivity contribution in [2.24, 2.45) is 11.7 Å². The molecular formula is C8H10N4O2. The summed E-state index contributed by atoms with van der Waals surface area (Å²) in [5.74, 6) is 8.00. The number of nitrogens with one attached hydrogen (secondary N) is 2. The monoisotopic (exact) mass is 194 g/mol. The van der Waals surface area contributed by atoms with Gasteiger partial charge in [-0.25, -0.2) is 4.79 Å². The van der Waals surface area contributed by atoms with E-state index in [1.54, 1.807) is 24.3 Å². The lowest BCUT2D eigenvalue weighted by Crippen LogP contribution is -2.21. The fourth-order valence-electron chi connectivity index (χ4n) is 1.11. The van der Waals surface area contributed by atoms with E-state index in [1.807, 2.05) is 0 Å². The molecule has 6 nitrogen and oxygen atoms in total. The average Bonchev–Trinajstić information content (AvgIpc) is 2.20. The molecule has 0 fully saturated rings. The lowest BCUT2D eigenvalue weighted by atomic mass is 10.2. The highest BCUT2D eigenvalue weighted by Gasteiger charge is 1.96. The van der Waals surface area contributed by atoms with Gasteiger partial charge in [0.2, 0.25) is 0 Å². The number of nitrogens with two attached hydrogens (primary N) is 2. The van der Waals surface area contributed by atoms with E-state index < -0.39 is 5.69 Å². The molecule has 0 saturated heterocycles. The first-order valence-electron chi connectivity index (χ1n) is 3.82. The van der Waals surface area contributed by atoms with Gasteiger partial charge in [-0.3, -0.25) is 21.5 Å². The maximum absolute atomic E-state index is 11.1. The molecule has 0 aliphatic heterocycles. The Balaban J connectivity index is 0.000000461. The molecule has 0 amide bonds. The average molecular weight is 194 g/mol. The van der Waals surface area contributed by atoms with Gasteiger partial charge >= 0.3 is 5.69 Å². The van der Waals surface area contributed by atoms with Crippen LogP contribution in [0.15, 0.2) is 33.9 Å². The zero-order valence-corrected chi connectivity index (χ0v) is 7.28. The summed E-state index contributed by atoms with van der Waals surface area (Å²) < 4.78 is 0. The molecular weight excluding hydrogens is 184 g/mol. The fraction of sp³-hybridized carbons (Fsp3) is 0. The topological polar surface area (TPSA) is 118 Å². The van der Waals surface area contributed by atoms with Crippen molar-refractivity contribution in [1.29, 1.82) is 0 Å². The first kappa shape index (κ1) is 10.2. The minimum Gasteiger partial charge on any atom is -0.307 e. The van der Waals surface area contributed by atoms with E-state index >= 15 is 0 Å². The van der Waals surface area contributed by atoms with Crippen LogP contribution in [0.2, 0.25) is 0 Å². The third kappa shape index (κ3) is 1.87. The predicted molar refractivity (Wildman–Crippen MR) is 53.6 cm³/mol. The number of aromatic nitrogens is 2. The van der Waals surface area contributed by atoms with Crippen LogP contribution in [0.3, 0.4) is 0 Å². The van der Waals surface area contributed by atoms with Gasteiger partial charge in [0.05, 0.1) is 10.9 Å². The van der Waals surface area contributed by atoms with Gasteiger partial charge in [-0.2, -0.15) is 0 Å². The van der Waals surface area contributed by atoms with E-state index in [4.69, 9.17) is 0 Å². The van der Waals surface area contributed by atoms with Gasteiger partial charge in [0, 0.05) is 0 Å². The number of hydrogen-bond acceptors (Lipinski definition) is 4. The third-order valence-corrected chi connectivity index (χ3v) is 1.65. The Labute approximate surface area is 78.5 Å². The summed E-state index contributed by atoms with van der Waals surface area (Å²) in [6, 6.07) is 6.85. The first-order valence-corrected chi connectivity index (χ1v) is 3.82. The highest BCUT2D eigenvalue weighted by molar-refractivity contribution is 5.76. The molecule has 74 valence electrons. The molecule has 1 heterocycles. The lowest BCUT2D eigenvalue weighted by molar-refractivity contribution is 1.08. The van der Waals surface area contributed by atoms with E-state index in [9.17, 15) is 9.59 Å². The van der Waals surface area contributed by atoms with Crippen molar-refractivity contribution in [3.63, 3.8) is 0 Å². The van der Waals surface area contributed by atoms with Crippen LogP contribution in [-0.2, 0) is 0 Å². The first-order chi connectivity index (χ1) is 6.77. The summed E-state index contributed by atoms with van der Waals surface area (Å²) in [5.41, 5.74) is -0.265. The van der Waals surface area contributed by atoms with Crippen molar-refractivity contribution < 1.29 is 0 Å². The lowest BCUT2D eigenvalue weighted by Gasteiger charge is -1.92. The third-order valence-electron chi connectivity index (χ3n) is 1.65. The number of aromatic amines is 2. The summed E-state index contributed by atoms with van der Waals surface area (Å²) in [6.45, 7) is 0. The van der Waals surface area contributed by atoms with E-state index in [0.29, 0.717) is 10.9 Å². The molecule has 0 atom stereocenters. The van der Waals surface area contributed by atoms with Gasteiger partial charge in [0.15, 0.2) is 0 Å². The largest absolute Gasteiger partial charge is 0.326 e. The number of rotatable bonds is 0. The molecule has 0 aliphatic carbocycles. The maximum Gasteiger partial charge on any atom is 0.326 e. The Bertz CT molecular complexity index is 528. The molecule has 0 saturated carbocycles. The van der Waals surface area contributed by atoms with Crippen LogP contribution in [-0.4, -0.2) is 9.97 Å². The van der Waals surface area contributed by atoms with Crippen LogP contribution in [0.1, 0.15) is 0 Å². The molecule has 0 spiro atoms. The predicted octanol–water partition coefficient (Wildman–Crippen LogP) is -0.965. The molecule has 6 N–H and O–H groups in total. The molecule has 2 aromatic rings. The number of hydrazine groups is 1. The van der Waals surface area contributed by atoms with Crippen LogP contribution in [0.4, 0.5) is 0 Å². The Morgan fingerprint density at radius 2 is 1.64 bits per heavy atom. The number of para-hydroxylation sites is 1. The van der Waals surface area contributed by atoms with Crippen LogP contribution in [0, 0.1) is 0 Å². The Morgan fingerprint density at radius 3 is 2.36 bits per heavy atom. The molecule has 6 heteroatoms. The van der Waals surface area contributed by atoms with Crippen LogP contribution >= 0.6 is 0 Å². The van der Waals surface area contributed by atoms with Gasteiger partial charge in [-0.15, -0.1) is 0 Å². The van der Waals surface area contributed by atoms with Gasteiger partial charge in [-0.05, 0) is 12.1 Å². The summed E-state index contributed by atoms with van der Waals surface area (Å²) in [4.78, 5) is 26.6. The minimum atomic E-state index is -0.473. The van der Waals surface area contributed by atoms with E-state index in [2.05, 4.69) is 21.7 Å². The fourth-order valence-corrected chi connectivity index (χ4v) is 1.11. The number of H-pyrrole nitrogens is 2. The van der Waals surface area contributed by atoms with Crippen molar-refractivity contribution in [3.8, 4) is 0 Å².